The summed E-state index contributed by atoms with van der Waals surface area (Å²) in [4.78, 5) is 10.8. The fourth-order valence-corrected chi connectivity index (χ4v) is 1.37. The molecule has 0 saturated carbocycles. The SMILES string of the molecule is CC(CCc1ccc(CN)cc1)C(N)=O. The highest BCUT2D eigenvalue weighted by Gasteiger charge is 2.07. The lowest BCUT2D eigenvalue weighted by molar-refractivity contribution is -0.121. The summed E-state index contributed by atoms with van der Waals surface area (Å²) >= 11 is 0. The Labute approximate surface area is 90.5 Å². The Bertz CT molecular complexity index is 319. The highest BCUT2D eigenvalue weighted by atomic mass is 16.1. The second kappa shape index (κ2) is 5.51. The fraction of sp³-hybridized carbons (Fsp3) is 0.417. The molecular formula is C12H18N2O. The van der Waals surface area contributed by atoms with Gasteiger partial charge in [0.1, 0.15) is 0 Å². The van der Waals surface area contributed by atoms with Gasteiger partial charge in [-0.1, -0.05) is 31.2 Å². The van der Waals surface area contributed by atoms with Crippen molar-refractivity contribution in [1.82, 2.24) is 0 Å². The van der Waals surface area contributed by atoms with E-state index in [4.69, 9.17) is 11.5 Å². The maximum Gasteiger partial charge on any atom is 0.220 e. The maximum atomic E-state index is 10.8. The number of hydrogen-bond acceptors (Lipinski definition) is 2. The second-order valence-electron chi connectivity index (χ2n) is 3.86. The van der Waals surface area contributed by atoms with Gasteiger partial charge >= 0.3 is 0 Å². The molecule has 0 aliphatic rings. The van der Waals surface area contributed by atoms with Crippen molar-refractivity contribution < 1.29 is 4.79 Å². The summed E-state index contributed by atoms with van der Waals surface area (Å²) in [5.74, 6) is -0.284. The van der Waals surface area contributed by atoms with Crippen LogP contribution in [0.4, 0.5) is 0 Å². The van der Waals surface area contributed by atoms with Gasteiger partial charge in [-0.05, 0) is 24.0 Å². The Hall–Kier alpha value is -1.35. The minimum atomic E-state index is -0.228. The predicted octanol–water partition coefficient (Wildman–Crippen LogP) is 1.20. The molecule has 0 radical (unpaired) electrons. The molecule has 0 heterocycles. The van der Waals surface area contributed by atoms with Crippen molar-refractivity contribution in [3.8, 4) is 0 Å². The average Bonchev–Trinajstić information content (AvgIpc) is 2.26. The molecule has 4 N–H and O–H groups in total. The van der Waals surface area contributed by atoms with E-state index in [1.807, 2.05) is 19.1 Å². The molecule has 1 unspecified atom stereocenters. The van der Waals surface area contributed by atoms with Crippen LogP contribution in [0, 0.1) is 5.92 Å². The van der Waals surface area contributed by atoms with Crippen LogP contribution in [0.2, 0.25) is 0 Å². The number of rotatable bonds is 5. The zero-order valence-corrected chi connectivity index (χ0v) is 9.07. The van der Waals surface area contributed by atoms with Crippen LogP contribution in [0.5, 0.6) is 0 Å². The molecule has 1 aromatic rings. The van der Waals surface area contributed by atoms with Crippen molar-refractivity contribution in [1.29, 1.82) is 0 Å². The van der Waals surface area contributed by atoms with E-state index in [1.54, 1.807) is 0 Å². The lowest BCUT2D eigenvalue weighted by Gasteiger charge is -2.07. The zero-order chi connectivity index (χ0) is 11.3. The molecule has 0 spiro atoms. The number of amides is 1. The Kier molecular flexibility index (Phi) is 4.31. The van der Waals surface area contributed by atoms with Crippen LogP contribution >= 0.6 is 0 Å². The van der Waals surface area contributed by atoms with Crippen molar-refractivity contribution in [3.63, 3.8) is 0 Å². The van der Waals surface area contributed by atoms with Gasteiger partial charge in [-0.25, -0.2) is 0 Å². The fourth-order valence-electron chi connectivity index (χ4n) is 1.37. The second-order valence-corrected chi connectivity index (χ2v) is 3.86. The first-order chi connectivity index (χ1) is 7.13. The summed E-state index contributed by atoms with van der Waals surface area (Å²) < 4.78 is 0. The topological polar surface area (TPSA) is 69.1 Å². The van der Waals surface area contributed by atoms with Crippen LogP contribution in [-0.4, -0.2) is 5.91 Å². The van der Waals surface area contributed by atoms with Crippen molar-refractivity contribution >= 4 is 5.91 Å². The Balaban J connectivity index is 2.47. The van der Waals surface area contributed by atoms with E-state index in [0.717, 1.165) is 18.4 Å². The maximum absolute atomic E-state index is 10.8. The van der Waals surface area contributed by atoms with Crippen LogP contribution in [0.25, 0.3) is 0 Å². The van der Waals surface area contributed by atoms with Gasteiger partial charge in [0, 0.05) is 12.5 Å². The minimum absolute atomic E-state index is 0.0563. The van der Waals surface area contributed by atoms with Gasteiger partial charge < -0.3 is 11.5 Å². The Morgan fingerprint density at radius 2 is 1.80 bits per heavy atom. The largest absolute Gasteiger partial charge is 0.369 e. The number of carbonyl (C=O) groups is 1. The molecule has 1 aromatic carbocycles. The summed E-state index contributed by atoms with van der Waals surface area (Å²) in [5, 5.41) is 0. The first kappa shape index (κ1) is 11.7. The number of carbonyl (C=O) groups excluding carboxylic acids is 1. The lowest BCUT2D eigenvalue weighted by atomic mass is 10.00. The molecule has 3 nitrogen and oxygen atoms in total. The average molecular weight is 206 g/mol. The van der Waals surface area contributed by atoms with E-state index in [1.165, 1.54) is 5.56 Å². The summed E-state index contributed by atoms with van der Waals surface area (Å²) in [6.07, 6.45) is 1.69. The van der Waals surface area contributed by atoms with E-state index < -0.39 is 0 Å². The molecular weight excluding hydrogens is 188 g/mol. The van der Waals surface area contributed by atoms with Crippen molar-refractivity contribution in [2.24, 2.45) is 17.4 Å². The molecule has 1 rings (SSSR count). The van der Waals surface area contributed by atoms with E-state index in [2.05, 4.69) is 12.1 Å². The van der Waals surface area contributed by atoms with Gasteiger partial charge in [0.2, 0.25) is 5.91 Å². The van der Waals surface area contributed by atoms with Crippen molar-refractivity contribution in [2.45, 2.75) is 26.3 Å². The summed E-state index contributed by atoms with van der Waals surface area (Å²) in [5.41, 5.74) is 13.0. The number of benzene rings is 1. The normalized spacial score (nSPS) is 12.4. The number of aryl methyl sites for hydroxylation is 1. The third-order valence-electron chi connectivity index (χ3n) is 2.61. The molecule has 15 heavy (non-hydrogen) atoms. The third-order valence-corrected chi connectivity index (χ3v) is 2.61. The summed E-state index contributed by atoms with van der Waals surface area (Å²) in [6.45, 7) is 2.43. The quantitative estimate of drug-likeness (QED) is 0.760. The van der Waals surface area contributed by atoms with Gasteiger partial charge in [-0.3, -0.25) is 4.79 Å². The molecule has 0 aliphatic heterocycles. The van der Waals surface area contributed by atoms with Gasteiger partial charge in [-0.2, -0.15) is 0 Å². The van der Waals surface area contributed by atoms with E-state index in [-0.39, 0.29) is 11.8 Å². The molecule has 3 heteroatoms. The van der Waals surface area contributed by atoms with Crippen LogP contribution < -0.4 is 11.5 Å². The first-order valence-corrected chi connectivity index (χ1v) is 5.20. The van der Waals surface area contributed by atoms with Gasteiger partial charge in [0.05, 0.1) is 0 Å². The molecule has 82 valence electrons. The third kappa shape index (κ3) is 3.72. The number of nitrogens with two attached hydrogens (primary N) is 2. The smallest absolute Gasteiger partial charge is 0.220 e. The standard InChI is InChI=1S/C12H18N2O/c1-9(12(14)15)2-3-10-4-6-11(8-13)7-5-10/h4-7,9H,2-3,8,13H2,1H3,(H2,14,15). The molecule has 1 atom stereocenters. The molecule has 0 fully saturated rings. The lowest BCUT2D eigenvalue weighted by Crippen LogP contribution is -2.20. The Morgan fingerprint density at radius 1 is 1.27 bits per heavy atom. The number of primary amides is 1. The van der Waals surface area contributed by atoms with Gasteiger partial charge in [0.25, 0.3) is 0 Å². The van der Waals surface area contributed by atoms with Crippen LogP contribution in [0.3, 0.4) is 0 Å². The van der Waals surface area contributed by atoms with Gasteiger partial charge in [0.15, 0.2) is 0 Å². The predicted molar refractivity (Wildman–Crippen MR) is 61.0 cm³/mol. The van der Waals surface area contributed by atoms with Crippen LogP contribution in [0.1, 0.15) is 24.5 Å². The highest BCUT2D eigenvalue weighted by Crippen LogP contribution is 2.10. The summed E-state index contributed by atoms with van der Waals surface area (Å²) in [7, 11) is 0. The molecule has 0 saturated heterocycles. The molecule has 0 bridgehead atoms. The van der Waals surface area contributed by atoms with Crippen molar-refractivity contribution in [2.75, 3.05) is 0 Å². The van der Waals surface area contributed by atoms with Crippen LogP contribution in [0.15, 0.2) is 24.3 Å². The molecule has 0 aliphatic carbocycles. The van der Waals surface area contributed by atoms with E-state index in [0.29, 0.717) is 6.54 Å². The van der Waals surface area contributed by atoms with E-state index in [9.17, 15) is 4.79 Å². The highest BCUT2D eigenvalue weighted by molar-refractivity contribution is 5.76. The first-order valence-electron chi connectivity index (χ1n) is 5.20. The van der Waals surface area contributed by atoms with E-state index >= 15 is 0 Å². The van der Waals surface area contributed by atoms with Crippen LogP contribution in [-0.2, 0) is 17.8 Å². The Morgan fingerprint density at radius 3 is 2.27 bits per heavy atom. The summed E-state index contributed by atoms with van der Waals surface area (Å²) in [6, 6.07) is 8.14. The monoisotopic (exact) mass is 206 g/mol. The van der Waals surface area contributed by atoms with Gasteiger partial charge in [-0.15, -0.1) is 0 Å². The minimum Gasteiger partial charge on any atom is -0.369 e. The molecule has 1 amide bonds. The number of hydrogen-bond donors (Lipinski definition) is 2. The molecule has 0 aromatic heterocycles. The zero-order valence-electron chi connectivity index (χ0n) is 9.07. The van der Waals surface area contributed by atoms with Crippen molar-refractivity contribution in [3.05, 3.63) is 35.4 Å².